The van der Waals surface area contributed by atoms with E-state index in [2.05, 4.69) is 36.2 Å². The Labute approximate surface area is 196 Å². The van der Waals surface area contributed by atoms with Crippen molar-refractivity contribution in [2.45, 2.75) is 0 Å². The SMILES string of the molecule is Cn1cc(-c2nc3cc(NC(=O)c4ccncc4)ncc3cc2N2CCN(CCF)CC2)cn1. The van der Waals surface area contributed by atoms with Crippen molar-refractivity contribution in [1.82, 2.24) is 29.6 Å². The number of piperazine rings is 1. The Kier molecular flexibility index (Phi) is 6.13. The molecule has 0 bridgehead atoms. The van der Waals surface area contributed by atoms with Gasteiger partial charge in [0, 0.05) is 87.1 Å². The van der Waals surface area contributed by atoms with Gasteiger partial charge in [0.15, 0.2) is 0 Å². The molecule has 0 spiro atoms. The zero-order valence-corrected chi connectivity index (χ0v) is 18.9. The van der Waals surface area contributed by atoms with E-state index in [1.165, 1.54) is 0 Å². The van der Waals surface area contributed by atoms with Crippen LogP contribution in [0.25, 0.3) is 22.2 Å². The van der Waals surface area contributed by atoms with E-state index < -0.39 is 0 Å². The molecule has 0 radical (unpaired) electrons. The summed E-state index contributed by atoms with van der Waals surface area (Å²) in [5.41, 5.74) is 3.94. The van der Waals surface area contributed by atoms with E-state index in [9.17, 15) is 9.18 Å². The molecule has 1 amide bonds. The lowest BCUT2D eigenvalue weighted by Crippen LogP contribution is -2.47. The van der Waals surface area contributed by atoms with Crippen molar-refractivity contribution in [3.63, 3.8) is 0 Å². The number of carbonyl (C=O) groups excluding carboxylic acids is 1. The second-order valence-electron chi connectivity index (χ2n) is 8.23. The molecule has 5 rings (SSSR count). The van der Waals surface area contributed by atoms with E-state index in [1.54, 1.807) is 47.7 Å². The largest absolute Gasteiger partial charge is 0.367 e. The number of pyridine rings is 3. The van der Waals surface area contributed by atoms with Gasteiger partial charge in [-0.05, 0) is 18.2 Å². The van der Waals surface area contributed by atoms with Crippen LogP contribution in [-0.4, -0.2) is 74.9 Å². The molecule has 34 heavy (non-hydrogen) atoms. The topological polar surface area (TPSA) is 92.1 Å². The van der Waals surface area contributed by atoms with Crippen LogP contribution in [0.2, 0.25) is 0 Å². The Morgan fingerprint density at radius 1 is 1.12 bits per heavy atom. The molecule has 10 heteroatoms. The van der Waals surface area contributed by atoms with E-state index in [0.29, 0.717) is 17.9 Å². The van der Waals surface area contributed by atoms with Crippen molar-refractivity contribution in [3.05, 3.63) is 60.8 Å². The van der Waals surface area contributed by atoms with Crippen molar-refractivity contribution in [1.29, 1.82) is 0 Å². The summed E-state index contributed by atoms with van der Waals surface area (Å²) in [6, 6.07) is 7.15. The number of hydrogen-bond donors (Lipinski definition) is 1. The highest BCUT2D eigenvalue weighted by molar-refractivity contribution is 6.04. The number of rotatable bonds is 6. The van der Waals surface area contributed by atoms with Gasteiger partial charge in [0.25, 0.3) is 5.91 Å². The Morgan fingerprint density at radius 2 is 1.91 bits per heavy atom. The molecule has 1 aliphatic heterocycles. The minimum absolute atomic E-state index is 0.260. The fourth-order valence-corrected chi connectivity index (χ4v) is 4.15. The highest BCUT2D eigenvalue weighted by atomic mass is 19.1. The average molecular weight is 461 g/mol. The normalized spacial score (nSPS) is 14.5. The molecule has 5 heterocycles. The first-order valence-electron chi connectivity index (χ1n) is 11.1. The van der Waals surface area contributed by atoms with Gasteiger partial charge in [-0.25, -0.2) is 14.4 Å². The maximum Gasteiger partial charge on any atom is 0.256 e. The Morgan fingerprint density at radius 3 is 2.62 bits per heavy atom. The minimum Gasteiger partial charge on any atom is -0.367 e. The number of amides is 1. The maximum atomic E-state index is 12.8. The van der Waals surface area contributed by atoms with Crippen LogP contribution in [0.15, 0.2) is 55.2 Å². The van der Waals surface area contributed by atoms with Gasteiger partial charge in [0.1, 0.15) is 12.5 Å². The van der Waals surface area contributed by atoms with Gasteiger partial charge in [0.05, 0.1) is 23.1 Å². The van der Waals surface area contributed by atoms with Crippen LogP contribution >= 0.6 is 0 Å². The number of alkyl halides is 1. The van der Waals surface area contributed by atoms with Gasteiger partial charge in [-0.1, -0.05) is 0 Å². The third-order valence-corrected chi connectivity index (χ3v) is 5.96. The van der Waals surface area contributed by atoms with Crippen molar-refractivity contribution in [2.75, 3.05) is 49.6 Å². The summed E-state index contributed by atoms with van der Waals surface area (Å²) >= 11 is 0. The van der Waals surface area contributed by atoms with Crippen molar-refractivity contribution in [3.8, 4) is 11.3 Å². The second-order valence-corrected chi connectivity index (χ2v) is 8.23. The highest BCUT2D eigenvalue weighted by Gasteiger charge is 2.22. The number of nitrogens with zero attached hydrogens (tertiary/aromatic N) is 7. The van der Waals surface area contributed by atoms with Crippen molar-refractivity contribution >= 4 is 28.3 Å². The molecule has 0 unspecified atom stereocenters. The Balaban J connectivity index is 1.48. The molecular weight excluding hydrogens is 435 g/mol. The number of fused-ring (bicyclic) bond motifs is 1. The first kappa shape index (κ1) is 21.9. The monoisotopic (exact) mass is 460 g/mol. The van der Waals surface area contributed by atoms with Gasteiger partial charge < -0.3 is 10.2 Å². The molecule has 4 aromatic rings. The summed E-state index contributed by atoms with van der Waals surface area (Å²) in [7, 11) is 1.87. The predicted octanol–water partition coefficient (Wildman–Crippen LogP) is 2.77. The standard InChI is InChI=1S/C24H25FN8O/c1-31-16-19(15-28-31)23-21(33-10-8-32(7-4-25)9-11-33)12-18-14-27-22(13-20(18)29-23)30-24(34)17-2-5-26-6-3-17/h2-3,5-6,12-16H,4,7-11H2,1H3,(H,27,30,34). The fraction of sp³-hybridized carbons (Fsp3) is 0.292. The van der Waals surface area contributed by atoms with Crippen LogP contribution < -0.4 is 10.2 Å². The van der Waals surface area contributed by atoms with Crippen LogP contribution in [0.5, 0.6) is 0 Å². The molecule has 1 fully saturated rings. The zero-order chi connectivity index (χ0) is 23.5. The van der Waals surface area contributed by atoms with Gasteiger partial charge in [-0.2, -0.15) is 5.10 Å². The summed E-state index contributed by atoms with van der Waals surface area (Å²) < 4.78 is 14.5. The molecule has 0 saturated carbocycles. The number of hydrogen-bond acceptors (Lipinski definition) is 7. The van der Waals surface area contributed by atoms with Gasteiger partial charge in [-0.3, -0.25) is 19.4 Å². The summed E-state index contributed by atoms with van der Waals surface area (Å²) in [5.74, 6) is 0.163. The molecule has 0 aromatic carbocycles. The molecule has 0 aliphatic carbocycles. The number of carbonyl (C=O) groups is 1. The first-order chi connectivity index (χ1) is 16.6. The number of halogens is 1. The minimum atomic E-state index is -0.329. The van der Waals surface area contributed by atoms with Crippen LogP contribution in [0, 0.1) is 0 Å². The van der Waals surface area contributed by atoms with Crippen LogP contribution in [-0.2, 0) is 7.05 Å². The lowest BCUT2D eigenvalue weighted by molar-refractivity contribution is 0.102. The van der Waals surface area contributed by atoms with Crippen molar-refractivity contribution < 1.29 is 9.18 Å². The smallest absolute Gasteiger partial charge is 0.256 e. The Bertz CT molecular complexity index is 1300. The highest BCUT2D eigenvalue weighted by Crippen LogP contribution is 2.33. The molecular formula is C24H25FN8O. The lowest BCUT2D eigenvalue weighted by atomic mass is 10.1. The lowest BCUT2D eigenvalue weighted by Gasteiger charge is -2.36. The van der Waals surface area contributed by atoms with Crippen molar-refractivity contribution in [2.24, 2.45) is 7.05 Å². The summed E-state index contributed by atoms with van der Waals surface area (Å²) in [4.78, 5) is 30.3. The molecule has 0 atom stereocenters. The van der Waals surface area contributed by atoms with E-state index in [1.807, 2.05) is 13.2 Å². The molecule has 1 saturated heterocycles. The third-order valence-electron chi connectivity index (χ3n) is 5.96. The number of aromatic nitrogens is 5. The molecule has 1 aliphatic rings. The van der Waals surface area contributed by atoms with Crippen LogP contribution in [0.4, 0.5) is 15.9 Å². The number of nitrogens with one attached hydrogen (secondary N) is 1. The fourth-order valence-electron chi connectivity index (χ4n) is 4.15. The number of aryl methyl sites for hydroxylation is 1. The maximum absolute atomic E-state index is 12.8. The van der Waals surface area contributed by atoms with Crippen LogP contribution in [0.1, 0.15) is 10.4 Å². The van der Waals surface area contributed by atoms with Gasteiger partial charge >= 0.3 is 0 Å². The number of anilines is 2. The predicted molar refractivity (Wildman–Crippen MR) is 129 cm³/mol. The summed E-state index contributed by atoms with van der Waals surface area (Å²) in [6.45, 7) is 3.31. The second kappa shape index (κ2) is 9.52. The first-order valence-corrected chi connectivity index (χ1v) is 11.1. The van der Waals surface area contributed by atoms with Gasteiger partial charge in [-0.15, -0.1) is 0 Å². The van der Waals surface area contributed by atoms with E-state index in [-0.39, 0.29) is 12.6 Å². The third kappa shape index (κ3) is 4.58. The van der Waals surface area contributed by atoms with Crippen LogP contribution in [0.3, 0.4) is 0 Å². The zero-order valence-electron chi connectivity index (χ0n) is 18.9. The molecule has 174 valence electrons. The summed E-state index contributed by atoms with van der Waals surface area (Å²) in [6.07, 6.45) is 8.60. The van der Waals surface area contributed by atoms with E-state index in [4.69, 9.17) is 4.98 Å². The van der Waals surface area contributed by atoms with E-state index >= 15 is 0 Å². The molecule has 1 N–H and O–H groups in total. The quantitative estimate of drug-likeness (QED) is 0.473. The van der Waals surface area contributed by atoms with E-state index in [0.717, 1.165) is 54.0 Å². The Hall–Kier alpha value is -3.92. The summed E-state index contributed by atoms with van der Waals surface area (Å²) in [5, 5.41) is 8.02. The van der Waals surface area contributed by atoms with Gasteiger partial charge in [0.2, 0.25) is 0 Å². The average Bonchev–Trinajstić information content (AvgIpc) is 3.30. The molecule has 9 nitrogen and oxygen atoms in total. The molecule has 4 aromatic heterocycles.